The van der Waals surface area contributed by atoms with Crippen LogP contribution in [-0.2, 0) is 14.3 Å². The molecule has 1 aliphatic carbocycles. The lowest BCUT2D eigenvalue weighted by molar-refractivity contribution is -0.148. The first-order chi connectivity index (χ1) is 6.09. The number of ketones is 1. The molecule has 0 aromatic rings. The van der Waals surface area contributed by atoms with Crippen molar-refractivity contribution in [3.05, 3.63) is 0 Å². The van der Waals surface area contributed by atoms with E-state index in [9.17, 15) is 9.59 Å². The van der Waals surface area contributed by atoms with Crippen molar-refractivity contribution >= 4 is 11.8 Å². The van der Waals surface area contributed by atoms with Crippen LogP contribution in [0, 0.1) is 5.92 Å². The number of esters is 1. The lowest BCUT2D eigenvalue weighted by Crippen LogP contribution is -2.26. The van der Waals surface area contributed by atoms with Crippen molar-refractivity contribution in [2.24, 2.45) is 5.92 Å². The van der Waals surface area contributed by atoms with Gasteiger partial charge in [0.2, 0.25) is 0 Å². The Hall–Kier alpha value is -0.860. The van der Waals surface area contributed by atoms with Gasteiger partial charge in [0, 0.05) is 12.8 Å². The number of Topliss-reactive ketones (excluding diaryl/α,β-unsaturated/α-hetero) is 1. The summed E-state index contributed by atoms with van der Waals surface area (Å²) in [6.07, 6.45) is 3.46. The van der Waals surface area contributed by atoms with Crippen molar-refractivity contribution in [1.29, 1.82) is 0 Å². The first kappa shape index (κ1) is 10.2. The summed E-state index contributed by atoms with van der Waals surface area (Å²) in [6.45, 7) is 3.06. The molecule has 0 amide bonds. The fraction of sp³-hybridized carbons (Fsp3) is 0.800. The summed E-state index contributed by atoms with van der Waals surface area (Å²) in [5.74, 6) is 0.249. The summed E-state index contributed by atoms with van der Waals surface area (Å²) in [5, 5.41) is 0. The summed E-state index contributed by atoms with van der Waals surface area (Å²) >= 11 is 0. The maximum atomic E-state index is 11.0. The Morgan fingerprint density at radius 2 is 1.62 bits per heavy atom. The third-order valence-corrected chi connectivity index (χ3v) is 2.58. The average molecular weight is 184 g/mol. The lowest BCUT2D eigenvalue weighted by atomic mass is 9.85. The molecule has 0 unspecified atom stereocenters. The maximum absolute atomic E-state index is 11.0. The van der Waals surface area contributed by atoms with Crippen LogP contribution >= 0.6 is 0 Å². The van der Waals surface area contributed by atoms with Crippen LogP contribution in [0.25, 0.3) is 0 Å². The molecule has 0 radical (unpaired) electrons. The fourth-order valence-corrected chi connectivity index (χ4v) is 1.82. The molecule has 3 nitrogen and oxygen atoms in total. The first-order valence-electron chi connectivity index (χ1n) is 4.77. The molecule has 0 heterocycles. The van der Waals surface area contributed by atoms with Crippen LogP contribution < -0.4 is 0 Å². The summed E-state index contributed by atoms with van der Waals surface area (Å²) in [6, 6.07) is 0. The largest absolute Gasteiger partial charge is 0.463 e. The van der Waals surface area contributed by atoms with Crippen molar-refractivity contribution in [3.63, 3.8) is 0 Å². The second-order valence-corrected chi connectivity index (χ2v) is 3.69. The summed E-state index contributed by atoms with van der Waals surface area (Å²) in [7, 11) is 0. The van der Waals surface area contributed by atoms with Crippen molar-refractivity contribution in [1.82, 2.24) is 0 Å². The molecule has 0 spiro atoms. The van der Waals surface area contributed by atoms with E-state index in [4.69, 9.17) is 4.74 Å². The SMILES string of the molecule is CC(=O)O[C@H]1CC[C@H](C(C)=O)CC1. The van der Waals surface area contributed by atoms with Gasteiger partial charge in [-0.3, -0.25) is 9.59 Å². The zero-order valence-electron chi connectivity index (χ0n) is 8.21. The predicted molar refractivity (Wildman–Crippen MR) is 48.2 cm³/mol. The van der Waals surface area contributed by atoms with Gasteiger partial charge in [-0.2, -0.15) is 0 Å². The van der Waals surface area contributed by atoms with E-state index in [2.05, 4.69) is 0 Å². The molecule has 1 saturated carbocycles. The third-order valence-electron chi connectivity index (χ3n) is 2.58. The number of hydrogen-bond acceptors (Lipinski definition) is 3. The van der Waals surface area contributed by atoms with Crippen LogP contribution in [0.1, 0.15) is 39.5 Å². The summed E-state index contributed by atoms with van der Waals surface area (Å²) in [4.78, 5) is 21.7. The summed E-state index contributed by atoms with van der Waals surface area (Å²) < 4.78 is 5.07. The highest BCUT2D eigenvalue weighted by atomic mass is 16.5. The van der Waals surface area contributed by atoms with Gasteiger partial charge in [0.15, 0.2) is 0 Å². The molecule has 0 saturated heterocycles. The molecule has 0 aromatic carbocycles. The first-order valence-corrected chi connectivity index (χ1v) is 4.77. The Balaban J connectivity index is 2.30. The molecule has 1 rings (SSSR count). The van der Waals surface area contributed by atoms with Gasteiger partial charge in [0.25, 0.3) is 0 Å². The van der Waals surface area contributed by atoms with Crippen LogP contribution in [0.5, 0.6) is 0 Å². The molecular weight excluding hydrogens is 168 g/mol. The highest BCUT2D eigenvalue weighted by molar-refractivity contribution is 5.78. The molecular formula is C10H16O3. The maximum Gasteiger partial charge on any atom is 0.302 e. The average Bonchev–Trinajstić information content (AvgIpc) is 2.04. The fourth-order valence-electron chi connectivity index (χ4n) is 1.82. The zero-order valence-corrected chi connectivity index (χ0v) is 8.21. The van der Waals surface area contributed by atoms with Gasteiger partial charge in [0.05, 0.1) is 0 Å². The number of hydrogen-bond donors (Lipinski definition) is 0. The van der Waals surface area contributed by atoms with Crippen LogP contribution in [0.15, 0.2) is 0 Å². The lowest BCUT2D eigenvalue weighted by Gasteiger charge is -2.26. The Morgan fingerprint density at radius 3 is 2.00 bits per heavy atom. The van der Waals surface area contributed by atoms with Crippen molar-refractivity contribution < 1.29 is 14.3 Å². The topological polar surface area (TPSA) is 43.4 Å². The molecule has 1 fully saturated rings. The molecule has 0 aromatic heterocycles. The van der Waals surface area contributed by atoms with Crippen molar-refractivity contribution in [3.8, 4) is 0 Å². The van der Waals surface area contributed by atoms with E-state index < -0.39 is 0 Å². The third kappa shape index (κ3) is 3.17. The van der Waals surface area contributed by atoms with Crippen LogP contribution in [-0.4, -0.2) is 17.9 Å². The standard InChI is InChI=1S/C10H16O3/c1-7(11)9-3-5-10(6-4-9)13-8(2)12/h9-10H,3-6H2,1-2H3/t9-,10-. The van der Waals surface area contributed by atoms with Gasteiger partial charge in [-0.05, 0) is 32.6 Å². The number of rotatable bonds is 2. The Kier molecular flexibility index (Phi) is 3.46. The Labute approximate surface area is 78.5 Å². The van der Waals surface area contributed by atoms with Crippen molar-refractivity contribution in [2.75, 3.05) is 0 Å². The van der Waals surface area contributed by atoms with Gasteiger partial charge in [0.1, 0.15) is 11.9 Å². The molecule has 0 bridgehead atoms. The van der Waals surface area contributed by atoms with Gasteiger partial charge in [-0.1, -0.05) is 0 Å². The van der Waals surface area contributed by atoms with Gasteiger partial charge >= 0.3 is 5.97 Å². The van der Waals surface area contributed by atoms with Crippen molar-refractivity contribution in [2.45, 2.75) is 45.6 Å². The predicted octanol–water partition coefficient (Wildman–Crippen LogP) is 1.70. The van der Waals surface area contributed by atoms with Crippen LogP contribution in [0.3, 0.4) is 0 Å². The summed E-state index contributed by atoms with van der Waals surface area (Å²) in [5.41, 5.74) is 0. The molecule has 3 heteroatoms. The second-order valence-electron chi connectivity index (χ2n) is 3.69. The van der Waals surface area contributed by atoms with Gasteiger partial charge < -0.3 is 4.74 Å². The minimum atomic E-state index is -0.216. The Bertz CT molecular complexity index is 202. The van der Waals surface area contributed by atoms with E-state index in [0.29, 0.717) is 0 Å². The van der Waals surface area contributed by atoms with Gasteiger partial charge in [-0.15, -0.1) is 0 Å². The molecule has 0 N–H and O–H groups in total. The number of carbonyl (C=O) groups excluding carboxylic acids is 2. The second kappa shape index (κ2) is 4.40. The highest BCUT2D eigenvalue weighted by Crippen LogP contribution is 2.26. The van der Waals surface area contributed by atoms with Gasteiger partial charge in [-0.25, -0.2) is 0 Å². The zero-order chi connectivity index (χ0) is 9.84. The number of carbonyl (C=O) groups is 2. The van der Waals surface area contributed by atoms with Crippen LogP contribution in [0.2, 0.25) is 0 Å². The monoisotopic (exact) mass is 184 g/mol. The molecule has 0 atom stereocenters. The quantitative estimate of drug-likeness (QED) is 0.613. The molecule has 74 valence electrons. The molecule has 1 aliphatic rings. The van der Waals surface area contributed by atoms with E-state index in [-0.39, 0.29) is 23.8 Å². The molecule has 13 heavy (non-hydrogen) atoms. The number of ether oxygens (including phenoxy) is 1. The molecule has 0 aliphatic heterocycles. The van der Waals surface area contributed by atoms with E-state index in [1.54, 1.807) is 6.92 Å². The van der Waals surface area contributed by atoms with E-state index >= 15 is 0 Å². The highest BCUT2D eigenvalue weighted by Gasteiger charge is 2.25. The minimum absolute atomic E-state index is 0.0492. The Morgan fingerprint density at radius 1 is 1.08 bits per heavy atom. The smallest absolute Gasteiger partial charge is 0.302 e. The van der Waals surface area contributed by atoms with E-state index in [1.807, 2.05) is 0 Å². The minimum Gasteiger partial charge on any atom is -0.463 e. The van der Waals surface area contributed by atoms with Crippen LogP contribution in [0.4, 0.5) is 0 Å². The van der Waals surface area contributed by atoms with E-state index in [0.717, 1.165) is 25.7 Å². The normalized spacial score (nSPS) is 28.2. The van der Waals surface area contributed by atoms with E-state index in [1.165, 1.54) is 6.92 Å².